The molecule has 1 unspecified atom stereocenters. The van der Waals surface area contributed by atoms with Crippen molar-refractivity contribution in [1.29, 1.82) is 0 Å². The van der Waals surface area contributed by atoms with Crippen LogP contribution in [0.25, 0.3) is 0 Å². The van der Waals surface area contributed by atoms with Gasteiger partial charge in [-0.25, -0.2) is 0 Å². The van der Waals surface area contributed by atoms with Crippen molar-refractivity contribution in [3.8, 4) is 0 Å². The molecular formula is C16H23ClN2. The van der Waals surface area contributed by atoms with Crippen LogP contribution in [0.15, 0.2) is 36.9 Å². The maximum Gasteiger partial charge on any atom is 0.0796 e. The van der Waals surface area contributed by atoms with Gasteiger partial charge in [-0.3, -0.25) is 4.90 Å². The van der Waals surface area contributed by atoms with Crippen LogP contribution in [0.5, 0.6) is 0 Å². The summed E-state index contributed by atoms with van der Waals surface area (Å²) in [7, 11) is 0. The SMILES string of the molecule is C=CCc1ccccc1NC1CC2CCN1CC2.Cl. The molecule has 1 aromatic carbocycles. The highest BCUT2D eigenvalue weighted by molar-refractivity contribution is 5.85. The number of piperidine rings is 3. The van der Waals surface area contributed by atoms with Gasteiger partial charge in [-0.1, -0.05) is 24.3 Å². The molecule has 0 saturated carbocycles. The minimum atomic E-state index is 0. The average Bonchev–Trinajstić information content (AvgIpc) is 2.43. The second kappa shape index (κ2) is 6.44. The molecule has 2 bridgehead atoms. The van der Waals surface area contributed by atoms with E-state index < -0.39 is 0 Å². The molecule has 2 nitrogen and oxygen atoms in total. The van der Waals surface area contributed by atoms with Crippen molar-refractivity contribution in [2.45, 2.75) is 31.8 Å². The average molecular weight is 279 g/mol. The molecule has 1 aromatic rings. The van der Waals surface area contributed by atoms with Crippen LogP contribution in [0.1, 0.15) is 24.8 Å². The summed E-state index contributed by atoms with van der Waals surface area (Å²) in [5.41, 5.74) is 2.64. The van der Waals surface area contributed by atoms with E-state index in [0.717, 1.165) is 12.3 Å². The van der Waals surface area contributed by atoms with Gasteiger partial charge in [0, 0.05) is 18.8 Å². The number of anilines is 1. The molecule has 3 saturated heterocycles. The molecule has 0 amide bonds. The van der Waals surface area contributed by atoms with Gasteiger partial charge in [-0.05, 0) is 43.2 Å². The van der Waals surface area contributed by atoms with E-state index >= 15 is 0 Å². The first kappa shape index (κ1) is 14.4. The van der Waals surface area contributed by atoms with Gasteiger partial charge < -0.3 is 5.32 Å². The Morgan fingerprint density at radius 3 is 2.63 bits per heavy atom. The summed E-state index contributed by atoms with van der Waals surface area (Å²) in [5, 5.41) is 3.74. The Labute approximate surface area is 122 Å². The first-order valence-corrected chi connectivity index (χ1v) is 7.06. The van der Waals surface area contributed by atoms with Gasteiger partial charge in [0.15, 0.2) is 0 Å². The molecule has 3 aliphatic rings. The lowest BCUT2D eigenvalue weighted by molar-refractivity contribution is 0.0639. The summed E-state index contributed by atoms with van der Waals surface area (Å²) in [4.78, 5) is 2.60. The molecule has 4 rings (SSSR count). The van der Waals surface area contributed by atoms with Crippen LogP contribution in [0.4, 0.5) is 5.69 Å². The first-order valence-electron chi connectivity index (χ1n) is 7.06. The van der Waals surface area contributed by atoms with Crippen molar-refractivity contribution < 1.29 is 0 Å². The maximum atomic E-state index is 3.84. The maximum absolute atomic E-state index is 3.84. The third kappa shape index (κ3) is 3.13. The monoisotopic (exact) mass is 278 g/mol. The lowest BCUT2D eigenvalue weighted by atomic mass is 9.86. The van der Waals surface area contributed by atoms with Crippen molar-refractivity contribution in [2.24, 2.45) is 5.92 Å². The Kier molecular flexibility index (Phi) is 4.89. The largest absolute Gasteiger partial charge is 0.369 e. The third-order valence-corrected chi connectivity index (χ3v) is 4.35. The smallest absolute Gasteiger partial charge is 0.0796 e. The van der Waals surface area contributed by atoms with Crippen LogP contribution in [-0.2, 0) is 6.42 Å². The number of fused-ring (bicyclic) bond motifs is 3. The zero-order valence-corrected chi connectivity index (χ0v) is 12.2. The molecule has 0 aromatic heterocycles. The van der Waals surface area contributed by atoms with E-state index in [4.69, 9.17) is 0 Å². The number of para-hydroxylation sites is 1. The number of halogens is 1. The molecule has 0 radical (unpaired) electrons. The minimum Gasteiger partial charge on any atom is -0.369 e. The summed E-state index contributed by atoms with van der Waals surface area (Å²) in [6.45, 7) is 6.38. The van der Waals surface area contributed by atoms with Crippen LogP contribution >= 0.6 is 12.4 Å². The van der Waals surface area contributed by atoms with E-state index in [0.29, 0.717) is 6.17 Å². The second-order valence-electron chi connectivity index (χ2n) is 5.53. The number of allylic oxidation sites excluding steroid dienone is 1. The van der Waals surface area contributed by atoms with E-state index in [-0.39, 0.29) is 12.4 Å². The normalized spacial score (nSPS) is 28.5. The molecule has 3 heteroatoms. The lowest BCUT2D eigenvalue weighted by Crippen LogP contribution is -2.52. The quantitative estimate of drug-likeness (QED) is 0.845. The first-order chi connectivity index (χ1) is 8.86. The fourth-order valence-electron chi connectivity index (χ4n) is 3.29. The van der Waals surface area contributed by atoms with Crippen LogP contribution in [0.3, 0.4) is 0 Å². The molecular weight excluding hydrogens is 256 g/mol. The highest BCUT2D eigenvalue weighted by Crippen LogP contribution is 2.32. The van der Waals surface area contributed by atoms with Gasteiger partial charge in [0.25, 0.3) is 0 Å². The molecule has 3 aliphatic heterocycles. The van der Waals surface area contributed by atoms with E-state index in [2.05, 4.69) is 41.1 Å². The Balaban J connectivity index is 0.00000133. The molecule has 1 atom stereocenters. The van der Waals surface area contributed by atoms with Crippen molar-refractivity contribution in [3.63, 3.8) is 0 Å². The summed E-state index contributed by atoms with van der Waals surface area (Å²) in [6, 6.07) is 8.62. The topological polar surface area (TPSA) is 15.3 Å². The van der Waals surface area contributed by atoms with Crippen LogP contribution < -0.4 is 5.32 Å². The summed E-state index contributed by atoms with van der Waals surface area (Å²) >= 11 is 0. The van der Waals surface area contributed by atoms with Crippen molar-refractivity contribution in [1.82, 2.24) is 4.90 Å². The van der Waals surface area contributed by atoms with Crippen LogP contribution in [0.2, 0.25) is 0 Å². The summed E-state index contributed by atoms with van der Waals surface area (Å²) in [6.07, 6.45) is 7.57. The van der Waals surface area contributed by atoms with Gasteiger partial charge in [0.2, 0.25) is 0 Å². The van der Waals surface area contributed by atoms with E-state index in [1.54, 1.807) is 0 Å². The van der Waals surface area contributed by atoms with Gasteiger partial charge in [0.1, 0.15) is 0 Å². The zero-order chi connectivity index (χ0) is 12.4. The predicted molar refractivity (Wildman–Crippen MR) is 83.9 cm³/mol. The zero-order valence-electron chi connectivity index (χ0n) is 11.3. The Morgan fingerprint density at radius 2 is 2.00 bits per heavy atom. The summed E-state index contributed by atoms with van der Waals surface area (Å²) < 4.78 is 0. The molecule has 3 fully saturated rings. The Morgan fingerprint density at radius 1 is 1.26 bits per heavy atom. The molecule has 19 heavy (non-hydrogen) atoms. The van der Waals surface area contributed by atoms with Gasteiger partial charge in [-0.15, -0.1) is 19.0 Å². The Hall–Kier alpha value is -0.990. The Bertz CT molecular complexity index is 425. The van der Waals surface area contributed by atoms with Crippen LogP contribution in [0, 0.1) is 5.92 Å². The predicted octanol–water partition coefficient (Wildman–Crippen LogP) is 3.69. The summed E-state index contributed by atoms with van der Waals surface area (Å²) in [5.74, 6) is 0.944. The molecule has 3 heterocycles. The molecule has 0 spiro atoms. The standard InChI is InChI=1S/C16H22N2.ClH/c1-2-5-14-6-3-4-7-15(14)17-16-12-13-8-10-18(16)11-9-13;/h2-4,6-7,13,16-17H,1,5,8-12H2;1H. The lowest BCUT2D eigenvalue weighted by Gasteiger charge is -2.46. The fourth-order valence-corrected chi connectivity index (χ4v) is 3.29. The van der Waals surface area contributed by atoms with E-state index in [1.807, 2.05) is 6.08 Å². The van der Waals surface area contributed by atoms with Gasteiger partial charge >= 0.3 is 0 Å². The van der Waals surface area contributed by atoms with Gasteiger partial charge in [0.05, 0.1) is 6.17 Å². The number of hydrogen-bond acceptors (Lipinski definition) is 2. The van der Waals surface area contributed by atoms with Gasteiger partial charge in [-0.2, -0.15) is 0 Å². The second-order valence-corrected chi connectivity index (χ2v) is 5.53. The van der Waals surface area contributed by atoms with E-state index in [9.17, 15) is 0 Å². The fraction of sp³-hybridized carbons (Fsp3) is 0.500. The highest BCUT2D eigenvalue weighted by atomic mass is 35.5. The number of hydrogen-bond donors (Lipinski definition) is 1. The van der Waals surface area contributed by atoms with Crippen LogP contribution in [-0.4, -0.2) is 24.2 Å². The van der Waals surface area contributed by atoms with E-state index in [1.165, 1.54) is 43.6 Å². The number of benzene rings is 1. The van der Waals surface area contributed by atoms with Crippen molar-refractivity contribution >= 4 is 18.1 Å². The highest BCUT2D eigenvalue weighted by Gasteiger charge is 2.33. The minimum absolute atomic E-state index is 0. The number of nitrogens with one attached hydrogen (secondary N) is 1. The van der Waals surface area contributed by atoms with Crippen molar-refractivity contribution in [3.05, 3.63) is 42.5 Å². The molecule has 1 N–H and O–H groups in total. The molecule has 0 aliphatic carbocycles. The third-order valence-electron chi connectivity index (χ3n) is 4.35. The van der Waals surface area contributed by atoms with Crippen molar-refractivity contribution in [2.75, 3.05) is 18.4 Å². The number of nitrogens with zero attached hydrogens (tertiary/aromatic N) is 1. The number of rotatable bonds is 4. The molecule has 104 valence electrons.